The van der Waals surface area contributed by atoms with E-state index in [9.17, 15) is 0 Å². The second-order valence-electron chi connectivity index (χ2n) is 18.7. The van der Waals surface area contributed by atoms with E-state index in [0.717, 1.165) is 106 Å². The van der Waals surface area contributed by atoms with Crippen molar-refractivity contribution in [3.63, 3.8) is 0 Å². The molecule has 12 aromatic rings. The lowest BCUT2D eigenvalue weighted by atomic mass is 9.92. The summed E-state index contributed by atoms with van der Waals surface area (Å²) in [5, 5.41) is 2.06. The molecule has 2 unspecified atom stereocenters. The Kier molecular flexibility index (Phi) is 10.8. The Morgan fingerprint density at radius 3 is 1.48 bits per heavy atom. The summed E-state index contributed by atoms with van der Waals surface area (Å²) in [6.45, 7) is 0. The number of furan rings is 1. The van der Waals surface area contributed by atoms with E-state index in [2.05, 4.69) is 152 Å². The van der Waals surface area contributed by atoms with E-state index in [1.165, 1.54) is 0 Å². The van der Waals surface area contributed by atoms with E-state index in [0.29, 0.717) is 29.0 Å². The summed E-state index contributed by atoms with van der Waals surface area (Å²) in [7, 11) is 0. The lowest BCUT2D eigenvalue weighted by Gasteiger charge is -2.34. The first kappa shape index (κ1) is 43.7. The van der Waals surface area contributed by atoms with Crippen LogP contribution < -0.4 is 9.47 Å². The highest BCUT2D eigenvalue weighted by Crippen LogP contribution is 2.50. The van der Waals surface area contributed by atoms with E-state index in [1.54, 1.807) is 0 Å². The SMILES string of the molecule is C1=CC2Oc3c(-c4ccc(-c5ccc(-c6nc(-c7cccc(-c8ccccc8)c7)nc(-c7cccc8c7oc7ccccc78)n6)cc5)cc4)ccc(-c4cc(-c5ccccn5)cc(-c5ccccn5)c4)c3OC2C=C1. The highest BCUT2D eigenvalue weighted by Gasteiger charge is 2.33. The van der Waals surface area contributed by atoms with Crippen LogP contribution in [0.4, 0.5) is 0 Å². The van der Waals surface area contributed by atoms with Crippen LogP contribution in [0.1, 0.15) is 0 Å². The molecule has 0 saturated carbocycles. The number of nitrogens with zero attached hydrogens (tertiary/aromatic N) is 5. The number of ether oxygens (including phenoxy) is 2. The fraction of sp³-hybridized carbons (Fsp3) is 0.0299. The van der Waals surface area contributed by atoms with Gasteiger partial charge in [-0.2, -0.15) is 0 Å². The van der Waals surface area contributed by atoms with Crippen LogP contribution in [-0.2, 0) is 0 Å². The zero-order chi connectivity index (χ0) is 49.7. The first-order valence-corrected chi connectivity index (χ1v) is 25.0. The summed E-state index contributed by atoms with van der Waals surface area (Å²) in [6.07, 6.45) is 11.2. The molecule has 8 aromatic carbocycles. The molecule has 2 atom stereocenters. The van der Waals surface area contributed by atoms with Gasteiger partial charge in [-0.3, -0.25) is 9.97 Å². The summed E-state index contributed by atoms with van der Waals surface area (Å²) in [6, 6.07) is 72.7. The van der Waals surface area contributed by atoms with E-state index in [4.69, 9.17) is 38.8 Å². The molecule has 75 heavy (non-hydrogen) atoms. The average molecular weight is 966 g/mol. The minimum atomic E-state index is -0.274. The van der Waals surface area contributed by atoms with Crippen molar-refractivity contribution in [2.75, 3.05) is 0 Å². The molecule has 0 fully saturated rings. The van der Waals surface area contributed by atoms with Crippen LogP contribution in [0.3, 0.4) is 0 Å². The van der Waals surface area contributed by atoms with Gasteiger partial charge in [0.05, 0.1) is 17.0 Å². The Labute approximate surface area is 432 Å². The van der Waals surface area contributed by atoms with Gasteiger partial charge in [-0.1, -0.05) is 152 Å². The Hall–Kier alpha value is -10.1. The first-order chi connectivity index (χ1) is 37.1. The molecule has 0 radical (unpaired) electrons. The Morgan fingerprint density at radius 2 is 0.813 bits per heavy atom. The summed E-state index contributed by atoms with van der Waals surface area (Å²) >= 11 is 0. The monoisotopic (exact) mass is 965 g/mol. The van der Waals surface area contributed by atoms with Crippen molar-refractivity contribution in [2.45, 2.75) is 12.2 Å². The van der Waals surface area contributed by atoms with E-state index >= 15 is 0 Å². The number of rotatable bonds is 9. The summed E-state index contributed by atoms with van der Waals surface area (Å²) < 4.78 is 20.3. The number of fused-ring (bicyclic) bond motifs is 5. The zero-order valence-corrected chi connectivity index (χ0v) is 40.3. The van der Waals surface area contributed by atoms with Crippen molar-refractivity contribution in [1.82, 2.24) is 24.9 Å². The Balaban J connectivity index is 0.819. The Morgan fingerprint density at radius 1 is 0.320 bits per heavy atom. The molecule has 5 heterocycles. The molecule has 2 aliphatic rings. The molecule has 0 amide bonds. The smallest absolute Gasteiger partial charge is 0.170 e. The number of pyridine rings is 2. The van der Waals surface area contributed by atoms with Crippen LogP contribution in [0.15, 0.2) is 253 Å². The van der Waals surface area contributed by atoms with Crippen LogP contribution in [-0.4, -0.2) is 37.1 Å². The molecule has 0 spiro atoms. The molecule has 14 rings (SSSR count). The van der Waals surface area contributed by atoms with Gasteiger partial charge in [-0.25, -0.2) is 15.0 Å². The third-order valence-electron chi connectivity index (χ3n) is 14.0. The van der Waals surface area contributed by atoms with Crippen molar-refractivity contribution < 1.29 is 13.9 Å². The average Bonchev–Trinajstić information content (AvgIpc) is 3.89. The molecular formula is C67H43N5O3. The molecular weight excluding hydrogens is 923 g/mol. The molecule has 8 nitrogen and oxygen atoms in total. The van der Waals surface area contributed by atoms with Gasteiger partial charge in [0.15, 0.2) is 41.2 Å². The summed E-state index contributed by atoms with van der Waals surface area (Å²) in [5.74, 6) is 3.07. The molecule has 4 aromatic heterocycles. The summed E-state index contributed by atoms with van der Waals surface area (Å²) in [4.78, 5) is 24.8. The topological polar surface area (TPSA) is 96.1 Å². The first-order valence-electron chi connectivity index (χ1n) is 25.0. The third-order valence-corrected chi connectivity index (χ3v) is 14.0. The van der Waals surface area contributed by atoms with Crippen LogP contribution in [0, 0.1) is 0 Å². The van der Waals surface area contributed by atoms with Gasteiger partial charge in [-0.05, 0) is 118 Å². The minimum Gasteiger partial charge on any atom is -0.478 e. The van der Waals surface area contributed by atoms with E-state index in [-0.39, 0.29) is 12.2 Å². The third kappa shape index (κ3) is 8.21. The van der Waals surface area contributed by atoms with Gasteiger partial charge in [-0.15, -0.1) is 0 Å². The van der Waals surface area contributed by atoms with Crippen LogP contribution in [0.25, 0.3) is 123 Å². The maximum Gasteiger partial charge on any atom is 0.170 e. The number of para-hydroxylation sites is 2. The fourth-order valence-electron chi connectivity index (χ4n) is 10.2. The quantitative estimate of drug-likeness (QED) is 0.141. The molecule has 0 bridgehead atoms. The van der Waals surface area contributed by atoms with Gasteiger partial charge >= 0.3 is 0 Å². The lowest BCUT2D eigenvalue weighted by molar-refractivity contribution is 0.0769. The highest BCUT2D eigenvalue weighted by atomic mass is 16.6. The predicted octanol–water partition coefficient (Wildman–Crippen LogP) is 16.2. The van der Waals surface area contributed by atoms with E-state index in [1.807, 2.05) is 97.3 Å². The van der Waals surface area contributed by atoms with Crippen molar-refractivity contribution in [2.24, 2.45) is 0 Å². The number of allylic oxidation sites excluding steroid dienone is 2. The van der Waals surface area contributed by atoms with Gasteiger partial charge in [0.25, 0.3) is 0 Å². The van der Waals surface area contributed by atoms with Crippen molar-refractivity contribution in [1.29, 1.82) is 0 Å². The van der Waals surface area contributed by atoms with Crippen LogP contribution in [0.2, 0.25) is 0 Å². The zero-order valence-electron chi connectivity index (χ0n) is 40.3. The largest absolute Gasteiger partial charge is 0.478 e. The van der Waals surface area contributed by atoms with Gasteiger partial charge in [0, 0.05) is 56.5 Å². The normalized spacial score (nSPS) is 14.5. The molecule has 354 valence electrons. The van der Waals surface area contributed by atoms with Crippen LogP contribution >= 0.6 is 0 Å². The number of hydrogen-bond donors (Lipinski definition) is 0. The van der Waals surface area contributed by atoms with Crippen molar-refractivity contribution in [3.05, 3.63) is 249 Å². The molecule has 0 N–H and O–H groups in total. The van der Waals surface area contributed by atoms with Gasteiger partial charge in [0.1, 0.15) is 11.2 Å². The van der Waals surface area contributed by atoms with Crippen molar-refractivity contribution >= 4 is 21.9 Å². The summed E-state index contributed by atoms with van der Waals surface area (Å²) in [5.41, 5.74) is 16.0. The minimum absolute atomic E-state index is 0.270. The van der Waals surface area contributed by atoms with E-state index < -0.39 is 0 Å². The maximum atomic E-state index is 6.92. The molecule has 0 saturated heterocycles. The number of aromatic nitrogens is 5. The van der Waals surface area contributed by atoms with Gasteiger partial charge in [0.2, 0.25) is 0 Å². The molecule has 8 heteroatoms. The highest BCUT2D eigenvalue weighted by molar-refractivity contribution is 6.09. The number of hydrogen-bond acceptors (Lipinski definition) is 8. The second-order valence-corrected chi connectivity index (χ2v) is 18.7. The van der Waals surface area contributed by atoms with Crippen molar-refractivity contribution in [3.8, 4) is 113 Å². The standard InChI is InChI=1S/C67H43N5O3/c1-2-14-42(15-3-1)47-16-12-17-48(38-47)66-70-65(71-67(72-66)56-20-13-19-55-54-18-4-5-23-59(54)73-62(55)56)46-32-28-44(29-33-46)43-26-30-45(31-27-43)52-34-35-53(64-63(52)74-60-24-6-7-25-61(60)75-64)49-39-50(57-21-8-10-36-68-57)41-51(40-49)58-22-9-11-37-69-58/h1-41,60-61H. The van der Waals surface area contributed by atoms with Gasteiger partial charge < -0.3 is 13.9 Å². The molecule has 1 aliphatic carbocycles. The Bertz CT molecular complexity index is 4120. The second kappa shape index (κ2) is 18.5. The fourth-order valence-corrected chi connectivity index (χ4v) is 10.2. The lowest BCUT2D eigenvalue weighted by Crippen LogP contribution is -2.38. The number of benzene rings is 8. The van der Waals surface area contributed by atoms with Crippen LogP contribution in [0.5, 0.6) is 11.5 Å². The maximum absolute atomic E-state index is 6.92. The molecule has 1 aliphatic heterocycles. The predicted molar refractivity (Wildman–Crippen MR) is 299 cm³/mol.